The van der Waals surface area contributed by atoms with Gasteiger partial charge in [0.2, 0.25) is 0 Å². The van der Waals surface area contributed by atoms with Gasteiger partial charge in [0.25, 0.3) is 0 Å². The van der Waals surface area contributed by atoms with Crippen LogP contribution < -0.4 is 10.2 Å². The molecule has 2 aromatic heterocycles. The largest absolute Gasteiger partial charge is 0.367 e. The Bertz CT molecular complexity index is 779. The Balaban J connectivity index is 1.35. The summed E-state index contributed by atoms with van der Waals surface area (Å²) in [6.45, 7) is 5.38. The van der Waals surface area contributed by atoms with Crippen LogP contribution in [-0.4, -0.2) is 45.2 Å². The minimum atomic E-state index is -1.23. The van der Waals surface area contributed by atoms with Gasteiger partial charge in [-0.05, 0) is 26.7 Å². The Morgan fingerprint density at radius 1 is 1.15 bits per heavy atom. The third-order valence-electron chi connectivity index (χ3n) is 5.73. The molecular formula is C20H27FN6. The minimum absolute atomic E-state index is 0.272. The summed E-state index contributed by atoms with van der Waals surface area (Å²) >= 11 is 0. The van der Waals surface area contributed by atoms with E-state index in [0.29, 0.717) is 43.5 Å². The lowest BCUT2D eigenvalue weighted by atomic mass is 9.83. The molecule has 1 aliphatic carbocycles. The molecule has 1 saturated carbocycles. The summed E-state index contributed by atoms with van der Waals surface area (Å²) in [5, 5.41) is 3.16. The Morgan fingerprint density at radius 3 is 2.59 bits per heavy atom. The van der Waals surface area contributed by atoms with Crippen LogP contribution in [0.2, 0.25) is 0 Å². The SMILES string of the molecule is Cc1cc(NCC2(F)CCN(c3cc(C4CCC4)ncn3)CC2)nc(C)n1. The van der Waals surface area contributed by atoms with E-state index in [1.54, 1.807) is 6.33 Å². The second kappa shape index (κ2) is 7.37. The van der Waals surface area contributed by atoms with E-state index >= 15 is 4.39 Å². The predicted octanol–water partition coefficient (Wildman–Crippen LogP) is 3.57. The standard InChI is InChI=1S/C20H27FN6/c1-14-10-18(26-15(2)25-14)22-12-20(21)6-8-27(9-7-20)19-11-17(23-13-24-19)16-4-3-5-16/h10-11,13,16H,3-9,12H2,1-2H3,(H,22,25,26). The fourth-order valence-corrected chi connectivity index (χ4v) is 3.83. The van der Waals surface area contributed by atoms with Gasteiger partial charge in [0, 0.05) is 55.4 Å². The Hall–Kier alpha value is -2.31. The first-order valence-electron chi connectivity index (χ1n) is 9.83. The fourth-order valence-electron chi connectivity index (χ4n) is 3.83. The van der Waals surface area contributed by atoms with Crippen molar-refractivity contribution in [1.29, 1.82) is 0 Å². The van der Waals surface area contributed by atoms with Gasteiger partial charge in [-0.15, -0.1) is 0 Å². The summed E-state index contributed by atoms with van der Waals surface area (Å²) in [7, 11) is 0. The van der Waals surface area contributed by atoms with Crippen molar-refractivity contribution in [2.75, 3.05) is 29.9 Å². The Kier molecular flexibility index (Phi) is 4.93. The molecule has 1 N–H and O–H groups in total. The van der Waals surface area contributed by atoms with Crippen LogP contribution in [0.3, 0.4) is 0 Å². The maximum absolute atomic E-state index is 15.3. The van der Waals surface area contributed by atoms with Gasteiger partial charge in [0.15, 0.2) is 0 Å². The fraction of sp³-hybridized carbons (Fsp3) is 0.600. The zero-order valence-corrected chi connectivity index (χ0v) is 16.1. The molecule has 7 heteroatoms. The topological polar surface area (TPSA) is 66.8 Å². The number of halogens is 1. The number of nitrogens with one attached hydrogen (secondary N) is 1. The second-order valence-electron chi connectivity index (χ2n) is 7.86. The van der Waals surface area contributed by atoms with Gasteiger partial charge in [-0.3, -0.25) is 0 Å². The van der Waals surface area contributed by atoms with E-state index in [1.807, 2.05) is 19.9 Å². The number of nitrogens with zero attached hydrogens (tertiary/aromatic N) is 5. The van der Waals surface area contributed by atoms with Crippen LogP contribution in [-0.2, 0) is 0 Å². The van der Waals surface area contributed by atoms with Crippen LogP contribution in [0.1, 0.15) is 55.2 Å². The van der Waals surface area contributed by atoms with Crippen molar-refractivity contribution in [2.24, 2.45) is 0 Å². The molecule has 2 aromatic rings. The summed E-state index contributed by atoms with van der Waals surface area (Å²) in [5.41, 5.74) is 0.797. The molecule has 6 nitrogen and oxygen atoms in total. The number of aromatic nitrogens is 4. The van der Waals surface area contributed by atoms with Crippen molar-refractivity contribution in [3.63, 3.8) is 0 Å². The van der Waals surface area contributed by atoms with Crippen molar-refractivity contribution in [3.05, 3.63) is 35.7 Å². The van der Waals surface area contributed by atoms with Crippen LogP contribution in [0.5, 0.6) is 0 Å². The third kappa shape index (κ3) is 4.17. The molecule has 0 spiro atoms. The molecule has 1 aliphatic heterocycles. The van der Waals surface area contributed by atoms with E-state index in [-0.39, 0.29) is 6.54 Å². The van der Waals surface area contributed by atoms with Crippen LogP contribution in [0.15, 0.2) is 18.5 Å². The number of rotatable bonds is 5. The van der Waals surface area contributed by atoms with Gasteiger partial charge in [0.05, 0.1) is 6.54 Å². The molecule has 2 aliphatic rings. The lowest BCUT2D eigenvalue weighted by molar-refractivity contribution is 0.140. The van der Waals surface area contributed by atoms with E-state index < -0.39 is 5.67 Å². The van der Waals surface area contributed by atoms with E-state index in [9.17, 15) is 0 Å². The molecular weight excluding hydrogens is 343 g/mol. The van der Waals surface area contributed by atoms with Gasteiger partial charge in [0.1, 0.15) is 29.5 Å². The first-order valence-corrected chi connectivity index (χ1v) is 9.83. The highest BCUT2D eigenvalue weighted by Gasteiger charge is 2.35. The van der Waals surface area contributed by atoms with E-state index in [0.717, 1.165) is 17.2 Å². The molecule has 3 heterocycles. The summed E-state index contributed by atoms with van der Waals surface area (Å²) in [4.78, 5) is 19.6. The van der Waals surface area contributed by atoms with Crippen LogP contribution in [0.25, 0.3) is 0 Å². The monoisotopic (exact) mass is 370 g/mol. The van der Waals surface area contributed by atoms with Crippen molar-refractivity contribution in [3.8, 4) is 0 Å². The molecule has 0 bridgehead atoms. The molecule has 0 radical (unpaired) electrons. The van der Waals surface area contributed by atoms with E-state index in [2.05, 4.69) is 36.2 Å². The molecule has 144 valence electrons. The Labute approximate surface area is 159 Å². The van der Waals surface area contributed by atoms with Gasteiger partial charge >= 0.3 is 0 Å². The zero-order valence-electron chi connectivity index (χ0n) is 16.1. The number of aryl methyl sites for hydroxylation is 2. The summed E-state index contributed by atoms with van der Waals surface area (Å²) in [6, 6.07) is 3.95. The predicted molar refractivity (Wildman–Crippen MR) is 104 cm³/mol. The molecule has 0 atom stereocenters. The molecule has 2 fully saturated rings. The molecule has 4 rings (SSSR count). The molecule has 27 heavy (non-hydrogen) atoms. The van der Waals surface area contributed by atoms with E-state index in [4.69, 9.17) is 0 Å². The second-order valence-corrected chi connectivity index (χ2v) is 7.86. The van der Waals surface area contributed by atoms with Crippen LogP contribution >= 0.6 is 0 Å². The molecule has 0 unspecified atom stereocenters. The molecule has 0 amide bonds. The Morgan fingerprint density at radius 2 is 1.93 bits per heavy atom. The maximum Gasteiger partial charge on any atom is 0.132 e. The average Bonchev–Trinajstić information content (AvgIpc) is 2.59. The summed E-state index contributed by atoms with van der Waals surface area (Å²) < 4.78 is 15.3. The number of hydrogen-bond acceptors (Lipinski definition) is 6. The smallest absolute Gasteiger partial charge is 0.132 e. The highest BCUT2D eigenvalue weighted by atomic mass is 19.1. The maximum atomic E-state index is 15.3. The zero-order chi connectivity index (χ0) is 18.9. The quantitative estimate of drug-likeness (QED) is 0.868. The highest BCUT2D eigenvalue weighted by molar-refractivity contribution is 5.41. The first kappa shape index (κ1) is 18.1. The summed E-state index contributed by atoms with van der Waals surface area (Å²) in [5.74, 6) is 2.91. The summed E-state index contributed by atoms with van der Waals surface area (Å²) in [6.07, 6.45) is 6.34. The van der Waals surface area contributed by atoms with Gasteiger partial charge < -0.3 is 10.2 Å². The van der Waals surface area contributed by atoms with Crippen molar-refractivity contribution >= 4 is 11.6 Å². The average molecular weight is 370 g/mol. The third-order valence-corrected chi connectivity index (χ3v) is 5.73. The normalized spacial score (nSPS) is 19.6. The van der Waals surface area contributed by atoms with Crippen molar-refractivity contribution in [2.45, 2.75) is 57.5 Å². The first-order chi connectivity index (χ1) is 13.0. The lowest BCUT2D eigenvalue weighted by Crippen LogP contribution is -2.46. The van der Waals surface area contributed by atoms with Crippen molar-refractivity contribution < 1.29 is 4.39 Å². The van der Waals surface area contributed by atoms with Crippen molar-refractivity contribution in [1.82, 2.24) is 19.9 Å². The van der Waals surface area contributed by atoms with E-state index in [1.165, 1.54) is 19.3 Å². The van der Waals surface area contributed by atoms with Gasteiger partial charge in [-0.1, -0.05) is 6.42 Å². The highest BCUT2D eigenvalue weighted by Crippen LogP contribution is 2.36. The molecule has 0 aromatic carbocycles. The minimum Gasteiger partial charge on any atom is -0.367 e. The van der Waals surface area contributed by atoms with Gasteiger partial charge in [-0.2, -0.15) is 0 Å². The number of anilines is 2. The number of alkyl halides is 1. The number of piperidine rings is 1. The number of hydrogen-bond donors (Lipinski definition) is 1. The van der Waals surface area contributed by atoms with Gasteiger partial charge in [-0.25, -0.2) is 24.3 Å². The van der Waals surface area contributed by atoms with Crippen LogP contribution in [0, 0.1) is 13.8 Å². The molecule has 1 saturated heterocycles. The lowest BCUT2D eigenvalue weighted by Gasteiger charge is -2.37. The van der Waals surface area contributed by atoms with Crippen LogP contribution in [0.4, 0.5) is 16.0 Å².